The second-order valence-corrected chi connectivity index (χ2v) is 13.5. The number of likely N-dealkylation sites (N-methyl/N-ethyl adjacent to an activating group) is 1. The van der Waals surface area contributed by atoms with Crippen LogP contribution in [0.3, 0.4) is 0 Å². The monoisotopic (exact) mass is 656 g/mol. The number of para-hydroxylation sites is 1. The predicted octanol–water partition coefficient (Wildman–Crippen LogP) is 3.49. The molecule has 0 spiro atoms. The minimum Gasteiger partial charge on any atom is -0.345 e. The Kier molecular flexibility index (Phi) is 12.4. The fraction of sp³-hybridized carbons (Fsp3) is 0.514. The van der Waals surface area contributed by atoms with Crippen LogP contribution in [-0.2, 0) is 9.59 Å². The van der Waals surface area contributed by atoms with Crippen LogP contribution in [0, 0.1) is 13.8 Å². The Morgan fingerprint density at radius 3 is 2.33 bits per heavy atom. The SMILES string of the molecule is CNCC(=O)N1CCN(C2CCN(C)CC2)CC1.Cc1cc(C)c2[nH]ncc2c1.O=CN1CCC(c2cc3ccccc3[nH]c2=O)CC1. The molecule has 0 atom stereocenters. The Balaban J connectivity index is 0.000000146. The average Bonchev–Trinajstić information content (AvgIpc) is 3.58. The van der Waals surface area contributed by atoms with Crippen molar-refractivity contribution in [3.8, 4) is 0 Å². The Hall–Kier alpha value is -4.06. The maximum Gasteiger partial charge on any atom is 0.251 e. The second-order valence-electron chi connectivity index (χ2n) is 13.5. The van der Waals surface area contributed by atoms with Gasteiger partial charge in [-0.2, -0.15) is 5.10 Å². The molecule has 3 aliphatic heterocycles. The van der Waals surface area contributed by atoms with Gasteiger partial charge in [0.25, 0.3) is 5.56 Å². The highest BCUT2D eigenvalue weighted by Crippen LogP contribution is 2.26. The van der Waals surface area contributed by atoms with Crippen LogP contribution in [0.4, 0.5) is 0 Å². The maximum atomic E-state index is 12.1. The maximum absolute atomic E-state index is 12.1. The lowest BCUT2D eigenvalue weighted by atomic mass is 9.90. The number of aromatic amines is 2. The molecule has 258 valence electrons. The van der Waals surface area contributed by atoms with Crippen molar-refractivity contribution < 1.29 is 9.59 Å². The molecule has 3 aliphatic rings. The van der Waals surface area contributed by atoms with Crippen molar-refractivity contribution in [2.75, 3.05) is 73.0 Å². The second kappa shape index (κ2) is 16.9. The number of fused-ring (bicyclic) bond motifs is 2. The molecule has 0 radical (unpaired) electrons. The summed E-state index contributed by atoms with van der Waals surface area (Å²) in [4.78, 5) is 46.3. The van der Waals surface area contributed by atoms with Crippen molar-refractivity contribution >= 4 is 34.1 Å². The van der Waals surface area contributed by atoms with Crippen molar-refractivity contribution in [2.24, 2.45) is 0 Å². The number of aromatic nitrogens is 3. The Morgan fingerprint density at radius 2 is 1.65 bits per heavy atom. The summed E-state index contributed by atoms with van der Waals surface area (Å²) < 4.78 is 0. The highest BCUT2D eigenvalue weighted by atomic mass is 16.2. The summed E-state index contributed by atoms with van der Waals surface area (Å²) >= 11 is 0. The van der Waals surface area contributed by atoms with Gasteiger partial charge in [0.1, 0.15) is 0 Å². The number of benzene rings is 2. The zero-order chi connectivity index (χ0) is 34.0. The molecular weight excluding hydrogens is 604 g/mol. The number of H-pyrrole nitrogens is 2. The van der Waals surface area contributed by atoms with E-state index in [0.29, 0.717) is 6.54 Å². The van der Waals surface area contributed by atoms with Gasteiger partial charge >= 0.3 is 0 Å². The standard InChI is InChI=1S/C15H16N2O2.C13H26N4O.C9H10N2/c18-10-17-7-5-11(6-8-17)13-9-12-3-1-2-4-14(12)16-15(13)19;1-14-11-13(18)17-9-7-16(8-10-17)12-3-5-15(2)6-4-12;1-6-3-7(2)9-8(4-6)5-10-11-9/h1-4,9-11H,5-8H2,(H,16,19);12,14H,3-11H2,1-2H3;3-5H,1-2H3,(H,10,11). The first-order valence-electron chi connectivity index (χ1n) is 17.3. The number of rotatable bonds is 5. The molecule has 0 bridgehead atoms. The number of hydrogen-bond acceptors (Lipinski definition) is 7. The number of aryl methyl sites for hydroxylation is 2. The molecule has 11 heteroatoms. The molecule has 3 saturated heterocycles. The van der Waals surface area contributed by atoms with Gasteiger partial charge in [-0.15, -0.1) is 0 Å². The molecule has 5 heterocycles. The first-order chi connectivity index (χ1) is 23.2. The average molecular weight is 657 g/mol. The molecule has 0 saturated carbocycles. The van der Waals surface area contributed by atoms with Gasteiger partial charge in [0, 0.05) is 61.8 Å². The number of piperazine rings is 1. The molecule has 3 fully saturated rings. The van der Waals surface area contributed by atoms with E-state index < -0.39 is 0 Å². The van der Waals surface area contributed by atoms with Gasteiger partial charge in [-0.25, -0.2) is 0 Å². The fourth-order valence-electron chi connectivity index (χ4n) is 7.16. The fourth-order valence-corrected chi connectivity index (χ4v) is 7.16. The van der Waals surface area contributed by atoms with Crippen molar-refractivity contribution in [1.29, 1.82) is 0 Å². The lowest BCUT2D eigenvalue weighted by Gasteiger charge is -2.42. The molecule has 11 nitrogen and oxygen atoms in total. The van der Waals surface area contributed by atoms with Crippen LogP contribution in [-0.4, -0.2) is 126 Å². The quantitative estimate of drug-likeness (QED) is 0.282. The zero-order valence-electron chi connectivity index (χ0n) is 29.0. The summed E-state index contributed by atoms with van der Waals surface area (Å²) in [5.74, 6) is 0.491. The van der Waals surface area contributed by atoms with Crippen molar-refractivity contribution in [3.63, 3.8) is 0 Å². The Bertz CT molecular complexity index is 1690. The van der Waals surface area contributed by atoms with Crippen LogP contribution in [0.2, 0.25) is 0 Å². The van der Waals surface area contributed by atoms with E-state index in [1.165, 1.54) is 42.4 Å². The highest BCUT2D eigenvalue weighted by Gasteiger charge is 2.27. The normalized spacial score (nSPS) is 18.2. The molecule has 7 rings (SSSR count). The molecule has 2 aromatic carbocycles. The molecule has 3 N–H and O–H groups in total. The van der Waals surface area contributed by atoms with Crippen LogP contribution in [0.15, 0.2) is 53.5 Å². The van der Waals surface area contributed by atoms with Gasteiger partial charge in [-0.1, -0.05) is 29.8 Å². The Morgan fingerprint density at radius 1 is 0.938 bits per heavy atom. The summed E-state index contributed by atoms with van der Waals surface area (Å²) in [6, 6.07) is 14.8. The highest BCUT2D eigenvalue weighted by molar-refractivity contribution is 5.82. The third-order valence-corrected chi connectivity index (χ3v) is 9.99. The third kappa shape index (κ3) is 9.09. The topological polar surface area (TPSA) is 121 Å². The van der Waals surface area contributed by atoms with E-state index in [0.717, 1.165) is 86.5 Å². The van der Waals surface area contributed by atoms with E-state index >= 15 is 0 Å². The number of piperidine rings is 2. The number of likely N-dealkylation sites (tertiary alicyclic amines) is 2. The lowest BCUT2D eigenvalue weighted by Crippen LogP contribution is -2.55. The van der Waals surface area contributed by atoms with E-state index in [1.54, 1.807) is 4.90 Å². The number of carbonyl (C=O) groups excluding carboxylic acids is 2. The van der Waals surface area contributed by atoms with Gasteiger partial charge in [-0.3, -0.25) is 24.4 Å². The first kappa shape index (κ1) is 35.3. The number of pyridine rings is 1. The van der Waals surface area contributed by atoms with Crippen molar-refractivity contribution in [3.05, 3.63) is 75.7 Å². The lowest BCUT2D eigenvalue weighted by molar-refractivity contribution is -0.132. The van der Waals surface area contributed by atoms with Gasteiger partial charge in [-0.05, 0) is 102 Å². The zero-order valence-corrected chi connectivity index (χ0v) is 29.0. The molecule has 0 aliphatic carbocycles. The summed E-state index contributed by atoms with van der Waals surface area (Å²) in [6.07, 6.45) is 7.03. The molecule has 4 aromatic rings. The summed E-state index contributed by atoms with van der Waals surface area (Å²) in [5, 5.41) is 12.1. The van der Waals surface area contributed by atoms with Gasteiger partial charge in [0.15, 0.2) is 0 Å². The summed E-state index contributed by atoms with van der Waals surface area (Å²) in [6.45, 7) is 12.4. The van der Waals surface area contributed by atoms with Gasteiger partial charge < -0.3 is 25.0 Å². The van der Waals surface area contributed by atoms with Crippen LogP contribution >= 0.6 is 0 Å². The summed E-state index contributed by atoms with van der Waals surface area (Å²) in [5.41, 5.74) is 5.43. The first-order valence-corrected chi connectivity index (χ1v) is 17.3. The molecule has 48 heavy (non-hydrogen) atoms. The molecule has 2 amide bonds. The van der Waals surface area contributed by atoms with Crippen molar-refractivity contribution in [2.45, 2.75) is 51.5 Å². The molecule has 2 aromatic heterocycles. The predicted molar refractivity (Wildman–Crippen MR) is 192 cm³/mol. The largest absolute Gasteiger partial charge is 0.345 e. The number of amides is 2. The molecule has 0 unspecified atom stereocenters. The number of carbonyl (C=O) groups is 2. The van der Waals surface area contributed by atoms with Gasteiger partial charge in [0.05, 0.1) is 18.3 Å². The van der Waals surface area contributed by atoms with Crippen LogP contribution < -0.4 is 10.9 Å². The number of nitrogens with zero attached hydrogens (tertiary/aromatic N) is 5. The van der Waals surface area contributed by atoms with Crippen LogP contribution in [0.25, 0.3) is 21.8 Å². The van der Waals surface area contributed by atoms with E-state index in [1.807, 2.05) is 48.5 Å². The smallest absolute Gasteiger partial charge is 0.251 e. The Labute approximate surface area is 283 Å². The van der Waals surface area contributed by atoms with E-state index in [9.17, 15) is 14.4 Å². The van der Waals surface area contributed by atoms with Crippen LogP contribution in [0.5, 0.6) is 0 Å². The van der Waals surface area contributed by atoms with E-state index in [-0.39, 0.29) is 17.4 Å². The number of nitrogens with one attached hydrogen (secondary N) is 3. The third-order valence-electron chi connectivity index (χ3n) is 9.99. The van der Waals surface area contributed by atoms with Crippen LogP contribution in [0.1, 0.15) is 48.3 Å². The van der Waals surface area contributed by atoms with Gasteiger partial charge in [0.2, 0.25) is 12.3 Å². The minimum absolute atomic E-state index is 0.00301. The van der Waals surface area contributed by atoms with E-state index in [2.05, 4.69) is 63.3 Å². The van der Waals surface area contributed by atoms with Crippen molar-refractivity contribution in [1.82, 2.24) is 40.1 Å². The molecular formula is C37H52N8O3. The van der Waals surface area contributed by atoms with E-state index in [4.69, 9.17) is 0 Å². The minimum atomic E-state index is 0.00301. The summed E-state index contributed by atoms with van der Waals surface area (Å²) in [7, 11) is 4.03. The number of hydrogen-bond donors (Lipinski definition) is 3.